The summed E-state index contributed by atoms with van der Waals surface area (Å²) < 4.78 is 0. The van der Waals surface area contributed by atoms with Gasteiger partial charge in [0.05, 0.1) is 5.60 Å². The number of rotatable bonds is 6. The number of hydrogen-bond donors (Lipinski definition) is 2. The van der Waals surface area contributed by atoms with Crippen molar-refractivity contribution in [2.45, 2.75) is 51.6 Å². The molecule has 1 saturated heterocycles. The van der Waals surface area contributed by atoms with E-state index in [0.717, 1.165) is 45.3 Å². The first-order chi connectivity index (χ1) is 7.66. The monoisotopic (exact) mass is 228 g/mol. The first kappa shape index (κ1) is 13.9. The second-order valence-electron chi connectivity index (χ2n) is 5.17. The van der Waals surface area contributed by atoms with Crippen molar-refractivity contribution in [3.8, 4) is 0 Å². The van der Waals surface area contributed by atoms with E-state index in [1.165, 1.54) is 6.42 Å². The predicted octanol–water partition coefficient (Wildman–Crippen LogP) is 1.60. The largest absolute Gasteiger partial charge is 0.389 e. The third-order valence-electron chi connectivity index (χ3n) is 3.94. The second-order valence-corrected chi connectivity index (χ2v) is 5.17. The minimum absolute atomic E-state index is 0.293. The number of hydrogen-bond acceptors (Lipinski definition) is 3. The second kappa shape index (κ2) is 6.58. The lowest BCUT2D eigenvalue weighted by atomic mass is 9.77. The number of aliphatic hydroxyl groups is 1. The van der Waals surface area contributed by atoms with Gasteiger partial charge < -0.3 is 15.7 Å². The number of nitrogens with zero attached hydrogens (tertiary/aromatic N) is 1. The first-order valence-corrected chi connectivity index (χ1v) is 6.81. The Morgan fingerprint density at radius 1 is 1.25 bits per heavy atom. The minimum Gasteiger partial charge on any atom is -0.389 e. The van der Waals surface area contributed by atoms with Gasteiger partial charge in [0.15, 0.2) is 0 Å². The summed E-state index contributed by atoms with van der Waals surface area (Å²) in [6.45, 7) is 8.23. The summed E-state index contributed by atoms with van der Waals surface area (Å²) in [4.78, 5) is 2.45. The fourth-order valence-corrected chi connectivity index (χ4v) is 2.84. The van der Waals surface area contributed by atoms with E-state index in [4.69, 9.17) is 5.73 Å². The van der Waals surface area contributed by atoms with E-state index >= 15 is 0 Å². The van der Waals surface area contributed by atoms with Gasteiger partial charge in [-0.05, 0) is 44.7 Å². The lowest BCUT2D eigenvalue weighted by molar-refractivity contribution is -0.0668. The lowest BCUT2D eigenvalue weighted by Gasteiger charge is -2.42. The standard InChI is InChI=1S/C13H28N2O/c1-3-5-12(11-14)13(16)6-9-15(8-4-2)10-7-13/h12,16H,3-11,14H2,1-2H3. The van der Waals surface area contributed by atoms with Crippen molar-refractivity contribution in [1.29, 1.82) is 0 Å². The van der Waals surface area contributed by atoms with Crippen LogP contribution >= 0.6 is 0 Å². The molecule has 0 aromatic heterocycles. The Hall–Kier alpha value is -0.120. The molecule has 1 unspecified atom stereocenters. The van der Waals surface area contributed by atoms with Crippen molar-refractivity contribution in [2.75, 3.05) is 26.2 Å². The average Bonchev–Trinajstić information content (AvgIpc) is 2.29. The van der Waals surface area contributed by atoms with Gasteiger partial charge in [0.2, 0.25) is 0 Å². The average molecular weight is 228 g/mol. The van der Waals surface area contributed by atoms with Gasteiger partial charge >= 0.3 is 0 Å². The molecule has 1 atom stereocenters. The maximum atomic E-state index is 10.6. The molecule has 3 N–H and O–H groups in total. The zero-order valence-electron chi connectivity index (χ0n) is 10.9. The number of nitrogens with two attached hydrogens (primary N) is 1. The molecule has 0 bridgehead atoms. The van der Waals surface area contributed by atoms with Crippen molar-refractivity contribution in [3.05, 3.63) is 0 Å². The Morgan fingerprint density at radius 3 is 2.31 bits per heavy atom. The van der Waals surface area contributed by atoms with Gasteiger partial charge in [-0.15, -0.1) is 0 Å². The van der Waals surface area contributed by atoms with Crippen LogP contribution in [0.15, 0.2) is 0 Å². The fraction of sp³-hybridized carbons (Fsp3) is 1.00. The van der Waals surface area contributed by atoms with Gasteiger partial charge in [0.25, 0.3) is 0 Å². The van der Waals surface area contributed by atoms with Gasteiger partial charge in [-0.3, -0.25) is 0 Å². The summed E-state index contributed by atoms with van der Waals surface area (Å²) in [5.41, 5.74) is 5.30. The van der Waals surface area contributed by atoms with Crippen LogP contribution in [0.25, 0.3) is 0 Å². The molecule has 0 saturated carbocycles. The normalized spacial score (nSPS) is 23.2. The summed E-state index contributed by atoms with van der Waals surface area (Å²) in [7, 11) is 0. The first-order valence-electron chi connectivity index (χ1n) is 6.81. The molecule has 1 rings (SSSR count). The Morgan fingerprint density at radius 2 is 1.88 bits per heavy atom. The van der Waals surface area contributed by atoms with Crippen LogP contribution in [-0.2, 0) is 0 Å². The quantitative estimate of drug-likeness (QED) is 0.726. The SMILES string of the molecule is CCCC(CN)C1(O)CCN(CCC)CC1. The summed E-state index contributed by atoms with van der Waals surface area (Å²) in [6, 6.07) is 0. The Bertz CT molecular complexity index is 188. The van der Waals surface area contributed by atoms with E-state index in [1.807, 2.05) is 0 Å². The molecule has 1 heterocycles. The molecule has 0 aliphatic carbocycles. The molecule has 1 aliphatic heterocycles. The molecule has 96 valence electrons. The molecule has 16 heavy (non-hydrogen) atoms. The molecular weight excluding hydrogens is 200 g/mol. The molecule has 0 radical (unpaired) electrons. The van der Waals surface area contributed by atoms with Crippen LogP contribution in [0.5, 0.6) is 0 Å². The van der Waals surface area contributed by atoms with Crippen LogP contribution in [0.2, 0.25) is 0 Å². The molecule has 1 aliphatic rings. The van der Waals surface area contributed by atoms with E-state index in [0.29, 0.717) is 12.5 Å². The maximum Gasteiger partial charge on any atom is 0.0712 e. The van der Waals surface area contributed by atoms with E-state index < -0.39 is 5.60 Å². The summed E-state index contributed by atoms with van der Waals surface area (Å²) >= 11 is 0. The Balaban J connectivity index is 2.47. The van der Waals surface area contributed by atoms with Gasteiger partial charge in [-0.2, -0.15) is 0 Å². The Labute approximate surface area is 100 Å². The predicted molar refractivity (Wildman–Crippen MR) is 68.4 cm³/mol. The Kier molecular flexibility index (Phi) is 5.73. The molecule has 0 amide bonds. The van der Waals surface area contributed by atoms with E-state index in [1.54, 1.807) is 0 Å². The van der Waals surface area contributed by atoms with Gasteiger partial charge in [-0.25, -0.2) is 0 Å². The number of piperidine rings is 1. The molecular formula is C13H28N2O. The highest BCUT2D eigenvalue weighted by Gasteiger charge is 2.38. The van der Waals surface area contributed by atoms with Crippen LogP contribution in [0.1, 0.15) is 46.0 Å². The topological polar surface area (TPSA) is 49.5 Å². The van der Waals surface area contributed by atoms with Crippen molar-refractivity contribution >= 4 is 0 Å². The summed E-state index contributed by atoms with van der Waals surface area (Å²) in [5, 5.41) is 10.6. The van der Waals surface area contributed by atoms with Gasteiger partial charge in [0.1, 0.15) is 0 Å². The van der Waals surface area contributed by atoms with Crippen molar-refractivity contribution in [2.24, 2.45) is 11.7 Å². The lowest BCUT2D eigenvalue weighted by Crippen LogP contribution is -2.50. The summed E-state index contributed by atoms with van der Waals surface area (Å²) in [6.07, 6.45) is 5.17. The molecule has 0 aromatic carbocycles. The highest BCUT2D eigenvalue weighted by molar-refractivity contribution is 4.91. The maximum absolute atomic E-state index is 10.6. The zero-order chi connectivity index (χ0) is 12.0. The molecule has 3 heteroatoms. The summed E-state index contributed by atoms with van der Waals surface area (Å²) in [5.74, 6) is 0.293. The minimum atomic E-state index is -0.491. The molecule has 3 nitrogen and oxygen atoms in total. The molecule has 1 fully saturated rings. The number of likely N-dealkylation sites (tertiary alicyclic amines) is 1. The van der Waals surface area contributed by atoms with Gasteiger partial charge in [0, 0.05) is 13.1 Å². The van der Waals surface area contributed by atoms with Crippen LogP contribution < -0.4 is 5.73 Å². The van der Waals surface area contributed by atoms with Crippen molar-refractivity contribution < 1.29 is 5.11 Å². The van der Waals surface area contributed by atoms with Gasteiger partial charge in [-0.1, -0.05) is 20.3 Å². The van der Waals surface area contributed by atoms with Crippen molar-refractivity contribution in [3.63, 3.8) is 0 Å². The molecule has 0 aromatic rings. The van der Waals surface area contributed by atoms with Crippen LogP contribution in [0.4, 0.5) is 0 Å². The zero-order valence-corrected chi connectivity index (χ0v) is 10.9. The van der Waals surface area contributed by atoms with Crippen LogP contribution in [0, 0.1) is 5.92 Å². The molecule has 0 spiro atoms. The fourth-order valence-electron chi connectivity index (χ4n) is 2.84. The third-order valence-corrected chi connectivity index (χ3v) is 3.94. The highest BCUT2D eigenvalue weighted by atomic mass is 16.3. The smallest absolute Gasteiger partial charge is 0.0712 e. The van der Waals surface area contributed by atoms with E-state index in [2.05, 4.69) is 18.7 Å². The van der Waals surface area contributed by atoms with Crippen LogP contribution in [-0.4, -0.2) is 41.8 Å². The highest BCUT2D eigenvalue weighted by Crippen LogP contribution is 2.32. The van der Waals surface area contributed by atoms with Crippen LogP contribution in [0.3, 0.4) is 0 Å². The van der Waals surface area contributed by atoms with E-state index in [-0.39, 0.29) is 0 Å². The third kappa shape index (κ3) is 3.44. The van der Waals surface area contributed by atoms with Crippen molar-refractivity contribution in [1.82, 2.24) is 4.90 Å². The van der Waals surface area contributed by atoms with E-state index in [9.17, 15) is 5.11 Å².